The van der Waals surface area contributed by atoms with Crippen LogP contribution in [0, 0.1) is 16.2 Å². The Balaban J connectivity index is 5.30. The molecule has 0 fully saturated rings. The highest BCUT2D eigenvalue weighted by atomic mass is 16.7. The van der Waals surface area contributed by atoms with Crippen molar-refractivity contribution in [3.8, 4) is 0 Å². The molecule has 0 rings (SSSR count). The van der Waals surface area contributed by atoms with Crippen molar-refractivity contribution < 1.29 is 23.8 Å². The standard InChI is InChI=1S/C18H34O5/c1-11-16(5,6)13(19)23-18(9,14(20)21-10)22-12-17(7,8)15(2,3)4/h11-12H2,1-10H3. The fraction of sp³-hybridized carbons (Fsp3) is 0.889. The molecule has 0 radical (unpaired) electrons. The molecule has 23 heavy (non-hydrogen) atoms. The molecule has 0 aliphatic heterocycles. The van der Waals surface area contributed by atoms with Crippen molar-refractivity contribution in [2.45, 2.75) is 74.5 Å². The van der Waals surface area contributed by atoms with E-state index in [0.717, 1.165) is 0 Å². The summed E-state index contributed by atoms with van der Waals surface area (Å²) in [5.41, 5.74) is -0.968. The van der Waals surface area contributed by atoms with Crippen molar-refractivity contribution >= 4 is 11.9 Å². The maximum Gasteiger partial charge on any atom is 0.379 e. The zero-order valence-electron chi connectivity index (χ0n) is 16.5. The second-order valence-electron chi connectivity index (χ2n) is 8.49. The van der Waals surface area contributed by atoms with Gasteiger partial charge < -0.3 is 14.2 Å². The van der Waals surface area contributed by atoms with E-state index in [1.54, 1.807) is 13.8 Å². The minimum Gasteiger partial charge on any atom is -0.464 e. The summed E-state index contributed by atoms with van der Waals surface area (Å²) >= 11 is 0. The Bertz CT molecular complexity index is 431. The fourth-order valence-electron chi connectivity index (χ4n) is 1.31. The molecule has 0 saturated heterocycles. The van der Waals surface area contributed by atoms with Crippen LogP contribution in [-0.4, -0.2) is 31.4 Å². The molecule has 0 aromatic carbocycles. The minimum absolute atomic E-state index is 0.0449. The van der Waals surface area contributed by atoms with E-state index in [-0.39, 0.29) is 17.4 Å². The van der Waals surface area contributed by atoms with Crippen LogP contribution < -0.4 is 0 Å². The first kappa shape index (κ1) is 21.9. The largest absolute Gasteiger partial charge is 0.464 e. The zero-order chi connectivity index (χ0) is 18.7. The smallest absolute Gasteiger partial charge is 0.379 e. The molecule has 0 aromatic rings. The fourth-order valence-corrected chi connectivity index (χ4v) is 1.31. The van der Waals surface area contributed by atoms with Crippen LogP contribution in [0.25, 0.3) is 0 Å². The van der Waals surface area contributed by atoms with Gasteiger partial charge in [0.1, 0.15) is 0 Å². The van der Waals surface area contributed by atoms with Gasteiger partial charge in [0.15, 0.2) is 0 Å². The highest BCUT2D eigenvalue weighted by Gasteiger charge is 2.45. The van der Waals surface area contributed by atoms with Crippen molar-refractivity contribution in [3.63, 3.8) is 0 Å². The lowest BCUT2D eigenvalue weighted by atomic mass is 9.70. The predicted molar refractivity (Wildman–Crippen MR) is 89.8 cm³/mol. The SMILES string of the molecule is CCC(C)(C)C(=O)OC(C)(OCC(C)(C)C(C)(C)C)C(=O)OC. The van der Waals surface area contributed by atoms with Gasteiger partial charge in [-0.1, -0.05) is 41.5 Å². The summed E-state index contributed by atoms with van der Waals surface area (Å²) in [7, 11) is 1.25. The Kier molecular flexibility index (Phi) is 6.86. The van der Waals surface area contributed by atoms with Gasteiger partial charge in [0, 0.05) is 6.92 Å². The lowest BCUT2D eigenvalue weighted by Gasteiger charge is -2.41. The van der Waals surface area contributed by atoms with Crippen LogP contribution in [0.5, 0.6) is 0 Å². The third kappa shape index (κ3) is 5.48. The van der Waals surface area contributed by atoms with Crippen LogP contribution in [-0.2, 0) is 23.8 Å². The maximum atomic E-state index is 12.3. The van der Waals surface area contributed by atoms with Gasteiger partial charge in [-0.25, -0.2) is 4.79 Å². The second kappa shape index (κ2) is 7.20. The summed E-state index contributed by atoms with van der Waals surface area (Å²) in [4.78, 5) is 24.5. The molecule has 0 aliphatic carbocycles. The number of carbonyl (C=O) groups excluding carboxylic acids is 2. The first-order valence-corrected chi connectivity index (χ1v) is 8.09. The summed E-state index contributed by atoms with van der Waals surface area (Å²) in [6, 6.07) is 0. The normalized spacial score (nSPS) is 15.7. The molecule has 0 spiro atoms. The third-order valence-electron chi connectivity index (χ3n) is 5.02. The number of hydrogen-bond donors (Lipinski definition) is 0. The molecular formula is C18H34O5. The van der Waals surface area contributed by atoms with Crippen LogP contribution in [0.15, 0.2) is 0 Å². The third-order valence-corrected chi connectivity index (χ3v) is 5.02. The number of hydrogen-bond acceptors (Lipinski definition) is 5. The molecule has 0 heterocycles. The van der Waals surface area contributed by atoms with E-state index >= 15 is 0 Å². The molecule has 5 nitrogen and oxygen atoms in total. The zero-order valence-corrected chi connectivity index (χ0v) is 16.5. The van der Waals surface area contributed by atoms with Crippen LogP contribution >= 0.6 is 0 Å². The van der Waals surface area contributed by atoms with E-state index in [2.05, 4.69) is 20.8 Å². The van der Waals surface area contributed by atoms with Crippen LogP contribution in [0.1, 0.15) is 68.7 Å². The lowest BCUT2D eigenvalue weighted by molar-refractivity contribution is -0.249. The second-order valence-corrected chi connectivity index (χ2v) is 8.49. The summed E-state index contributed by atoms with van der Waals surface area (Å²) in [5.74, 6) is -2.95. The van der Waals surface area contributed by atoms with Gasteiger partial charge in [0.25, 0.3) is 0 Å². The predicted octanol–water partition coefficient (Wildman–Crippen LogP) is 3.94. The van der Waals surface area contributed by atoms with Gasteiger partial charge in [-0.05, 0) is 31.1 Å². The number of methoxy groups -OCH3 is 1. The van der Waals surface area contributed by atoms with E-state index in [0.29, 0.717) is 6.42 Å². The summed E-state index contributed by atoms with van der Waals surface area (Å²) in [5, 5.41) is 0. The van der Waals surface area contributed by atoms with Gasteiger partial charge in [0.2, 0.25) is 0 Å². The molecule has 0 saturated carbocycles. The van der Waals surface area contributed by atoms with E-state index < -0.39 is 23.1 Å². The van der Waals surface area contributed by atoms with Crippen LogP contribution in [0.4, 0.5) is 0 Å². The van der Waals surface area contributed by atoms with Crippen molar-refractivity contribution in [2.24, 2.45) is 16.2 Å². The number of rotatable bonds is 7. The minimum atomic E-state index is -1.75. The molecule has 0 aliphatic rings. The summed E-state index contributed by atoms with van der Waals surface area (Å²) in [6.45, 7) is 17.5. The van der Waals surface area contributed by atoms with Crippen LogP contribution in [0.3, 0.4) is 0 Å². The highest BCUT2D eigenvalue weighted by molar-refractivity contribution is 5.83. The molecule has 0 N–H and O–H groups in total. The Hall–Kier alpha value is -1.10. The Morgan fingerprint density at radius 2 is 1.35 bits per heavy atom. The Morgan fingerprint density at radius 3 is 1.70 bits per heavy atom. The van der Waals surface area contributed by atoms with E-state index in [4.69, 9.17) is 14.2 Å². The van der Waals surface area contributed by atoms with Gasteiger partial charge in [0.05, 0.1) is 19.1 Å². The van der Waals surface area contributed by atoms with Crippen molar-refractivity contribution in [1.82, 2.24) is 0 Å². The Labute approximate surface area is 141 Å². The van der Waals surface area contributed by atoms with Gasteiger partial charge in [-0.3, -0.25) is 4.79 Å². The molecule has 0 aromatic heterocycles. The molecule has 5 heteroatoms. The highest BCUT2D eigenvalue weighted by Crippen LogP contribution is 2.39. The van der Waals surface area contributed by atoms with Gasteiger partial charge in [-0.2, -0.15) is 0 Å². The topological polar surface area (TPSA) is 61.8 Å². The van der Waals surface area contributed by atoms with Crippen LogP contribution in [0.2, 0.25) is 0 Å². The van der Waals surface area contributed by atoms with Gasteiger partial charge >= 0.3 is 17.7 Å². The average Bonchev–Trinajstić information content (AvgIpc) is 2.42. The molecular weight excluding hydrogens is 296 g/mol. The average molecular weight is 330 g/mol. The molecule has 0 bridgehead atoms. The number of esters is 2. The van der Waals surface area contributed by atoms with E-state index in [9.17, 15) is 9.59 Å². The van der Waals surface area contributed by atoms with Crippen molar-refractivity contribution in [3.05, 3.63) is 0 Å². The van der Waals surface area contributed by atoms with E-state index in [1.807, 2.05) is 20.8 Å². The van der Waals surface area contributed by atoms with Gasteiger partial charge in [-0.15, -0.1) is 0 Å². The number of ether oxygens (including phenoxy) is 3. The van der Waals surface area contributed by atoms with Crippen molar-refractivity contribution in [2.75, 3.05) is 13.7 Å². The lowest BCUT2D eigenvalue weighted by Crippen LogP contribution is -2.49. The molecule has 1 unspecified atom stereocenters. The monoisotopic (exact) mass is 330 g/mol. The Morgan fingerprint density at radius 1 is 0.870 bits per heavy atom. The van der Waals surface area contributed by atoms with Crippen molar-refractivity contribution in [1.29, 1.82) is 0 Å². The maximum absolute atomic E-state index is 12.3. The summed E-state index contributed by atoms with van der Waals surface area (Å²) in [6.07, 6.45) is 0.594. The molecule has 136 valence electrons. The first-order chi connectivity index (χ1) is 10.1. The number of carbonyl (C=O) groups is 2. The first-order valence-electron chi connectivity index (χ1n) is 8.09. The van der Waals surface area contributed by atoms with E-state index in [1.165, 1.54) is 14.0 Å². The molecule has 0 amide bonds. The quantitative estimate of drug-likeness (QED) is 0.522. The molecule has 1 atom stereocenters. The summed E-state index contributed by atoms with van der Waals surface area (Å²) < 4.78 is 16.0.